The third-order valence-electron chi connectivity index (χ3n) is 2.86. The average molecular weight is 340 g/mol. The van der Waals surface area contributed by atoms with Gasteiger partial charge >= 0.3 is 0 Å². The number of rotatable bonds is 7. The lowest BCUT2D eigenvalue weighted by Gasteiger charge is -2.06. The van der Waals surface area contributed by atoms with Crippen molar-refractivity contribution in [2.45, 2.75) is 20.1 Å². The van der Waals surface area contributed by atoms with Gasteiger partial charge in [0.25, 0.3) is 0 Å². The standard InChI is InChI=1S/C15H18BrNOS/c1-12-6-9-19-15(12)10-17-7-8-18-11-13-2-4-14(16)5-3-13/h2-6,9,17H,7-8,10-11H2,1H3. The summed E-state index contributed by atoms with van der Waals surface area (Å²) in [5.74, 6) is 0. The van der Waals surface area contributed by atoms with Gasteiger partial charge in [-0.15, -0.1) is 11.3 Å². The summed E-state index contributed by atoms with van der Waals surface area (Å²) in [6.45, 7) is 5.38. The molecule has 1 aromatic heterocycles. The van der Waals surface area contributed by atoms with E-state index < -0.39 is 0 Å². The van der Waals surface area contributed by atoms with Crippen molar-refractivity contribution in [3.8, 4) is 0 Å². The van der Waals surface area contributed by atoms with Crippen molar-refractivity contribution in [2.75, 3.05) is 13.2 Å². The van der Waals surface area contributed by atoms with Crippen molar-refractivity contribution < 1.29 is 4.74 Å². The van der Waals surface area contributed by atoms with Crippen LogP contribution in [0.3, 0.4) is 0 Å². The van der Waals surface area contributed by atoms with Crippen LogP contribution in [-0.4, -0.2) is 13.2 Å². The summed E-state index contributed by atoms with van der Waals surface area (Å²) in [6.07, 6.45) is 0. The Bertz CT molecular complexity index is 495. The minimum Gasteiger partial charge on any atom is -0.375 e. The van der Waals surface area contributed by atoms with Crippen LogP contribution in [0, 0.1) is 6.92 Å². The van der Waals surface area contributed by atoms with Gasteiger partial charge < -0.3 is 10.1 Å². The van der Waals surface area contributed by atoms with Crippen LogP contribution in [0.2, 0.25) is 0 Å². The van der Waals surface area contributed by atoms with Gasteiger partial charge in [-0.25, -0.2) is 0 Å². The largest absolute Gasteiger partial charge is 0.375 e. The second-order valence-electron chi connectivity index (χ2n) is 4.38. The number of halogens is 1. The maximum atomic E-state index is 5.63. The molecule has 0 aliphatic heterocycles. The van der Waals surface area contributed by atoms with Crippen LogP contribution in [0.15, 0.2) is 40.2 Å². The molecule has 1 N–H and O–H groups in total. The van der Waals surface area contributed by atoms with E-state index in [0.29, 0.717) is 6.61 Å². The first kappa shape index (κ1) is 14.7. The lowest BCUT2D eigenvalue weighted by atomic mass is 10.2. The number of nitrogens with one attached hydrogen (secondary N) is 1. The Labute approximate surface area is 126 Å². The highest BCUT2D eigenvalue weighted by Gasteiger charge is 1.98. The highest BCUT2D eigenvalue weighted by molar-refractivity contribution is 9.10. The lowest BCUT2D eigenvalue weighted by Crippen LogP contribution is -2.19. The molecule has 102 valence electrons. The first-order valence-corrected chi connectivity index (χ1v) is 7.99. The summed E-state index contributed by atoms with van der Waals surface area (Å²) < 4.78 is 6.74. The molecule has 1 aromatic carbocycles. The zero-order chi connectivity index (χ0) is 13.5. The second-order valence-corrected chi connectivity index (χ2v) is 6.30. The first-order chi connectivity index (χ1) is 9.25. The van der Waals surface area contributed by atoms with Gasteiger partial charge in [-0.2, -0.15) is 0 Å². The molecular formula is C15H18BrNOS. The molecule has 0 unspecified atom stereocenters. The van der Waals surface area contributed by atoms with Gasteiger partial charge in [0.1, 0.15) is 0 Å². The van der Waals surface area contributed by atoms with Crippen LogP contribution in [0.25, 0.3) is 0 Å². The van der Waals surface area contributed by atoms with Crippen LogP contribution in [0.5, 0.6) is 0 Å². The van der Waals surface area contributed by atoms with E-state index in [0.717, 1.165) is 24.2 Å². The molecule has 4 heteroatoms. The molecule has 2 rings (SSSR count). The average Bonchev–Trinajstić information content (AvgIpc) is 2.81. The molecule has 0 aliphatic carbocycles. The van der Waals surface area contributed by atoms with Crippen LogP contribution >= 0.6 is 27.3 Å². The topological polar surface area (TPSA) is 21.3 Å². The van der Waals surface area contributed by atoms with E-state index in [1.807, 2.05) is 12.1 Å². The summed E-state index contributed by atoms with van der Waals surface area (Å²) in [5, 5.41) is 5.54. The predicted molar refractivity (Wildman–Crippen MR) is 84.6 cm³/mol. The van der Waals surface area contributed by atoms with Crippen molar-refractivity contribution in [1.29, 1.82) is 0 Å². The molecule has 0 radical (unpaired) electrons. The quantitative estimate of drug-likeness (QED) is 0.766. The molecule has 2 aromatic rings. The number of ether oxygens (including phenoxy) is 1. The normalized spacial score (nSPS) is 10.8. The Morgan fingerprint density at radius 1 is 1.21 bits per heavy atom. The summed E-state index contributed by atoms with van der Waals surface area (Å²) in [4.78, 5) is 1.41. The van der Waals surface area contributed by atoms with Crippen molar-refractivity contribution in [3.63, 3.8) is 0 Å². The lowest BCUT2D eigenvalue weighted by molar-refractivity contribution is 0.122. The van der Waals surface area contributed by atoms with Crippen molar-refractivity contribution in [2.24, 2.45) is 0 Å². The predicted octanol–water partition coefficient (Wildman–Crippen LogP) is 4.13. The Kier molecular flexibility index (Phi) is 6.04. The van der Waals surface area contributed by atoms with Gasteiger partial charge in [0, 0.05) is 22.4 Å². The molecule has 2 nitrogen and oxygen atoms in total. The summed E-state index contributed by atoms with van der Waals surface area (Å²) in [7, 11) is 0. The van der Waals surface area contributed by atoms with Crippen LogP contribution in [0.1, 0.15) is 16.0 Å². The molecule has 0 saturated heterocycles. The molecule has 0 atom stereocenters. The first-order valence-electron chi connectivity index (χ1n) is 6.31. The van der Waals surface area contributed by atoms with Crippen molar-refractivity contribution in [3.05, 3.63) is 56.2 Å². The fourth-order valence-corrected chi connectivity index (χ4v) is 2.84. The second kappa shape index (κ2) is 7.80. The van der Waals surface area contributed by atoms with Gasteiger partial charge in [0.15, 0.2) is 0 Å². The third kappa shape index (κ3) is 5.07. The number of hydrogen-bond donors (Lipinski definition) is 1. The monoisotopic (exact) mass is 339 g/mol. The molecular weight excluding hydrogens is 322 g/mol. The molecule has 0 bridgehead atoms. The maximum absolute atomic E-state index is 5.63. The smallest absolute Gasteiger partial charge is 0.0717 e. The molecule has 1 heterocycles. The fraction of sp³-hybridized carbons (Fsp3) is 0.333. The highest BCUT2D eigenvalue weighted by Crippen LogP contribution is 2.14. The van der Waals surface area contributed by atoms with E-state index in [1.54, 1.807) is 11.3 Å². The van der Waals surface area contributed by atoms with Crippen LogP contribution < -0.4 is 5.32 Å². The molecule has 19 heavy (non-hydrogen) atoms. The van der Waals surface area contributed by atoms with Crippen molar-refractivity contribution in [1.82, 2.24) is 5.32 Å². The van der Waals surface area contributed by atoms with Crippen molar-refractivity contribution >= 4 is 27.3 Å². The van der Waals surface area contributed by atoms with Gasteiger partial charge in [-0.05, 0) is 41.6 Å². The molecule has 0 fully saturated rings. The number of benzene rings is 1. The SMILES string of the molecule is Cc1ccsc1CNCCOCc1ccc(Br)cc1. The number of aryl methyl sites for hydroxylation is 1. The minimum atomic E-state index is 0.674. The maximum Gasteiger partial charge on any atom is 0.0717 e. The molecule has 0 aliphatic rings. The summed E-state index contributed by atoms with van der Waals surface area (Å²) >= 11 is 5.23. The van der Waals surface area contributed by atoms with E-state index in [4.69, 9.17) is 4.74 Å². The Morgan fingerprint density at radius 2 is 2.00 bits per heavy atom. The number of hydrogen-bond acceptors (Lipinski definition) is 3. The summed E-state index contributed by atoms with van der Waals surface area (Å²) in [5.41, 5.74) is 2.57. The Balaban J connectivity index is 1.57. The molecule has 0 spiro atoms. The van der Waals surface area contributed by atoms with E-state index in [-0.39, 0.29) is 0 Å². The van der Waals surface area contributed by atoms with E-state index in [9.17, 15) is 0 Å². The minimum absolute atomic E-state index is 0.674. The Morgan fingerprint density at radius 3 is 2.68 bits per heavy atom. The van der Waals surface area contributed by atoms with Gasteiger partial charge in [-0.3, -0.25) is 0 Å². The van der Waals surface area contributed by atoms with E-state index >= 15 is 0 Å². The Hall–Kier alpha value is -0.680. The van der Waals surface area contributed by atoms with E-state index in [1.165, 1.54) is 16.0 Å². The van der Waals surface area contributed by atoms with Crippen LogP contribution in [-0.2, 0) is 17.9 Å². The number of thiophene rings is 1. The third-order valence-corrected chi connectivity index (χ3v) is 4.41. The zero-order valence-corrected chi connectivity index (χ0v) is 13.4. The van der Waals surface area contributed by atoms with Gasteiger partial charge in [0.05, 0.1) is 13.2 Å². The summed E-state index contributed by atoms with van der Waals surface area (Å²) in [6, 6.07) is 10.4. The van der Waals surface area contributed by atoms with Gasteiger partial charge in [0.2, 0.25) is 0 Å². The van der Waals surface area contributed by atoms with E-state index in [2.05, 4.69) is 51.7 Å². The van der Waals surface area contributed by atoms with Crippen LogP contribution in [0.4, 0.5) is 0 Å². The molecule has 0 amide bonds. The van der Waals surface area contributed by atoms with Gasteiger partial charge in [-0.1, -0.05) is 28.1 Å². The highest BCUT2D eigenvalue weighted by atomic mass is 79.9. The molecule has 0 saturated carbocycles. The zero-order valence-electron chi connectivity index (χ0n) is 11.0. The fourth-order valence-electron chi connectivity index (χ4n) is 1.70.